The molecule has 1 amide bonds. The van der Waals surface area contributed by atoms with E-state index in [1.165, 1.54) is 6.07 Å². The number of carbonyl (C=O) groups excluding carboxylic acids is 1. The SMILES string of the molecule is CN(Cc1ccccc1)C(=O)Cn1c(Cc2ccccc2F)nc2ccccc21. The van der Waals surface area contributed by atoms with Crippen molar-refractivity contribution in [1.82, 2.24) is 14.5 Å². The van der Waals surface area contributed by atoms with E-state index in [1.807, 2.05) is 65.2 Å². The summed E-state index contributed by atoms with van der Waals surface area (Å²) in [6.07, 6.45) is 0.330. The molecule has 0 saturated heterocycles. The number of benzene rings is 3. The fourth-order valence-corrected chi connectivity index (χ4v) is 3.45. The second-order valence-electron chi connectivity index (χ2n) is 7.11. The zero-order valence-electron chi connectivity index (χ0n) is 16.3. The number of likely N-dealkylation sites (N-methyl/N-ethyl adjacent to an activating group) is 1. The van der Waals surface area contributed by atoms with Gasteiger partial charge in [-0.3, -0.25) is 4.79 Å². The highest BCUT2D eigenvalue weighted by Gasteiger charge is 2.17. The molecule has 3 aromatic carbocycles. The van der Waals surface area contributed by atoms with Crippen LogP contribution in [0, 0.1) is 5.82 Å². The molecule has 0 aliphatic heterocycles. The number of rotatable bonds is 6. The molecule has 4 nitrogen and oxygen atoms in total. The van der Waals surface area contributed by atoms with Crippen LogP contribution < -0.4 is 0 Å². The van der Waals surface area contributed by atoms with Gasteiger partial charge in [0.25, 0.3) is 0 Å². The highest BCUT2D eigenvalue weighted by Crippen LogP contribution is 2.20. The van der Waals surface area contributed by atoms with Crippen LogP contribution in [0.15, 0.2) is 78.9 Å². The number of aromatic nitrogens is 2. The largest absolute Gasteiger partial charge is 0.340 e. The predicted molar refractivity (Wildman–Crippen MR) is 112 cm³/mol. The molecule has 0 fully saturated rings. The molecule has 0 spiro atoms. The standard InChI is InChI=1S/C24H22FN3O/c1-27(16-18-9-3-2-4-10-18)24(29)17-28-22-14-8-7-13-21(22)26-23(28)15-19-11-5-6-12-20(19)25/h2-14H,15-17H2,1H3. The third-order valence-electron chi connectivity index (χ3n) is 5.02. The number of hydrogen-bond donors (Lipinski definition) is 0. The van der Waals surface area contributed by atoms with E-state index in [-0.39, 0.29) is 18.3 Å². The molecule has 0 atom stereocenters. The molecule has 5 heteroatoms. The molecule has 0 N–H and O–H groups in total. The van der Waals surface area contributed by atoms with Crippen molar-refractivity contribution in [2.75, 3.05) is 7.05 Å². The Labute approximate surface area is 169 Å². The van der Waals surface area contributed by atoms with Gasteiger partial charge < -0.3 is 9.47 Å². The molecular weight excluding hydrogens is 365 g/mol. The zero-order valence-corrected chi connectivity index (χ0v) is 16.3. The molecule has 29 heavy (non-hydrogen) atoms. The third kappa shape index (κ3) is 4.19. The van der Waals surface area contributed by atoms with Gasteiger partial charge in [-0.1, -0.05) is 60.7 Å². The summed E-state index contributed by atoms with van der Waals surface area (Å²) < 4.78 is 16.1. The lowest BCUT2D eigenvalue weighted by atomic mass is 10.1. The van der Waals surface area contributed by atoms with Crippen LogP contribution in [-0.2, 0) is 24.3 Å². The molecule has 1 heterocycles. The first-order valence-electron chi connectivity index (χ1n) is 9.57. The van der Waals surface area contributed by atoms with E-state index in [1.54, 1.807) is 24.1 Å². The fourth-order valence-electron chi connectivity index (χ4n) is 3.45. The van der Waals surface area contributed by atoms with E-state index in [2.05, 4.69) is 4.98 Å². The lowest BCUT2D eigenvalue weighted by molar-refractivity contribution is -0.131. The predicted octanol–water partition coefficient (Wildman–Crippen LogP) is 4.42. The van der Waals surface area contributed by atoms with Crippen molar-refractivity contribution in [3.8, 4) is 0 Å². The van der Waals surface area contributed by atoms with Gasteiger partial charge in [-0.05, 0) is 29.3 Å². The van der Waals surface area contributed by atoms with Gasteiger partial charge in [0.2, 0.25) is 5.91 Å². The summed E-state index contributed by atoms with van der Waals surface area (Å²) in [5.74, 6) is 0.392. The number of fused-ring (bicyclic) bond motifs is 1. The Bertz CT molecular complexity index is 1140. The van der Waals surface area contributed by atoms with E-state index in [0.29, 0.717) is 24.4 Å². The van der Waals surface area contributed by atoms with Crippen LogP contribution in [0.25, 0.3) is 11.0 Å². The summed E-state index contributed by atoms with van der Waals surface area (Å²) >= 11 is 0. The first kappa shape index (κ1) is 18.9. The number of nitrogens with zero attached hydrogens (tertiary/aromatic N) is 3. The summed E-state index contributed by atoms with van der Waals surface area (Å²) in [6, 6.07) is 24.2. The Morgan fingerprint density at radius 1 is 0.966 bits per heavy atom. The first-order chi connectivity index (χ1) is 14.1. The Hall–Kier alpha value is -3.47. The van der Waals surface area contributed by atoms with Crippen molar-refractivity contribution < 1.29 is 9.18 Å². The average molecular weight is 387 g/mol. The van der Waals surface area contributed by atoms with Crippen molar-refractivity contribution in [2.45, 2.75) is 19.5 Å². The van der Waals surface area contributed by atoms with Crippen molar-refractivity contribution in [2.24, 2.45) is 0 Å². The number of imidazole rings is 1. The summed E-state index contributed by atoms with van der Waals surface area (Å²) in [5, 5.41) is 0. The minimum atomic E-state index is -0.265. The van der Waals surface area contributed by atoms with Crippen LogP contribution >= 0.6 is 0 Å². The maximum absolute atomic E-state index is 14.2. The quantitative estimate of drug-likeness (QED) is 0.491. The van der Waals surface area contributed by atoms with E-state index in [4.69, 9.17) is 0 Å². The normalized spacial score (nSPS) is 11.0. The van der Waals surface area contributed by atoms with Crippen molar-refractivity contribution >= 4 is 16.9 Å². The van der Waals surface area contributed by atoms with Gasteiger partial charge in [-0.2, -0.15) is 0 Å². The van der Waals surface area contributed by atoms with Gasteiger partial charge in [0.05, 0.1) is 11.0 Å². The van der Waals surface area contributed by atoms with Crippen molar-refractivity contribution in [3.63, 3.8) is 0 Å². The van der Waals surface area contributed by atoms with Crippen LogP contribution in [0.5, 0.6) is 0 Å². The second-order valence-corrected chi connectivity index (χ2v) is 7.11. The van der Waals surface area contributed by atoms with Crippen LogP contribution in [0.1, 0.15) is 17.0 Å². The molecule has 0 unspecified atom stereocenters. The Balaban J connectivity index is 1.62. The second kappa shape index (κ2) is 8.27. The molecule has 146 valence electrons. The van der Waals surface area contributed by atoms with Gasteiger partial charge in [0.15, 0.2) is 0 Å². The monoisotopic (exact) mass is 387 g/mol. The topological polar surface area (TPSA) is 38.1 Å². The molecule has 0 bridgehead atoms. The average Bonchev–Trinajstić information content (AvgIpc) is 3.07. The van der Waals surface area contributed by atoms with Crippen molar-refractivity contribution in [3.05, 3.63) is 102 Å². The zero-order chi connectivity index (χ0) is 20.2. The molecular formula is C24H22FN3O. The molecule has 0 saturated carbocycles. The third-order valence-corrected chi connectivity index (χ3v) is 5.02. The minimum Gasteiger partial charge on any atom is -0.340 e. The summed E-state index contributed by atoms with van der Waals surface area (Å²) in [7, 11) is 1.80. The molecule has 0 radical (unpaired) electrons. The highest BCUT2D eigenvalue weighted by molar-refractivity contribution is 5.81. The summed E-state index contributed by atoms with van der Waals surface area (Å²) in [4.78, 5) is 19.3. The molecule has 1 aromatic heterocycles. The number of hydrogen-bond acceptors (Lipinski definition) is 2. The number of carbonyl (C=O) groups is 1. The van der Waals surface area contributed by atoms with Crippen LogP contribution in [0.2, 0.25) is 0 Å². The van der Waals surface area contributed by atoms with Gasteiger partial charge >= 0.3 is 0 Å². The lowest BCUT2D eigenvalue weighted by Gasteiger charge is -2.19. The summed E-state index contributed by atoms with van der Waals surface area (Å²) in [5.41, 5.74) is 3.32. The van der Waals surface area contributed by atoms with Gasteiger partial charge in [0, 0.05) is 20.0 Å². The minimum absolute atomic E-state index is 0.0215. The molecule has 4 rings (SSSR count). The Morgan fingerprint density at radius 2 is 1.66 bits per heavy atom. The van der Waals surface area contributed by atoms with Gasteiger partial charge in [0.1, 0.15) is 18.2 Å². The fraction of sp³-hybridized carbons (Fsp3) is 0.167. The van der Waals surface area contributed by atoms with Gasteiger partial charge in [-0.25, -0.2) is 9.37 Å². The van der Waals surface area contributed by atoms with E-state index >= 15 is 0 Å². The van der Waals surface area contributed by atoms with E-state index < -0.39 is 0 Å². The van der Waals surface area contributed by atoms with E-state index in [9.17, 15) is 9.18 Å². The smallest absolute Gasteiger partial charge is 0.242 e. The maximum atomic E-state index is 14.2. The molecule has 0 aliphatic carbocycles. The van der Waals surface area contributed by atoms with Crippen LogP contribution in [0.3, 0.4) is 0 Å². The lowest BCUT2D eigenvalue weighted by Crippen LogP contribution is -2.30. The molecule has 4 aromatic rings. The van der Waals surface area contributed by atoms with Crippen LogP contribution in [0.4, 0.5) is 4.39 Å². The van der Waals surface area contributed by atoms with Crippen LogP contribution in [-0.4, -0.2) is 27.4 Å². The number of para-hydroxylation sites is 2. The molecule has 0 aliphatic rings. The van der Waals surface area contributed by atoms with Crippen molar-refractivity contribution in [1.29, 1.82) is 0 Å². The summed E-state index contributed by atoms with van der Waals surface area (Å²) in [6.45, 7) is 0.697. The first-order valence-corrected chi connectivity index (χ1v) is 9.57. The Kier molecular flexibility index (Phi) is 5.38. The number of halogens is 1. The Morgan fingerprint density at radius 3 is 2.45 bits per heavy atom. The highest BCUT2D eigenvalue weighted by atomic mass is 19.1. The number of amides is 1. The van der Waals surface area contributed by atoms with E-state index in [0.717, 1.165) is 16.6 Å². The maximum Gasteiger partial charge on any atom is 0.242 e. The van der Waals surface area contributed by atoms with Gasteiger partial charge in [-0.15, -0.1) is 0 Å².